The number of guanidine groups is 1. The lowest BCUT2D eigenvalue weighted by molar-refractivity contribution is 0.0599. The first-order valence-electron chi connectivity index (χ1n) is 6.65. The Balaban J connectivity index is 2.59. The van der Waals surface area contributed by atoms with Gasteiger partial charge in [0, 0.05) is 20.2 Å². The molecule has 0 aliphatic rings. The largest absolute Gasteiger partial charge is 0.465 e. The molecule has 0 amide bonds. The van der Waals surface area contributed by atoms with E-state index in [-0.39, 0.29) is 6.04 Å². The third-order valence-electron chi connectivity index (χ3n) is 2.83. The summed E-state index contributed by atoms with van der Waals surface area (Å²) in [5.41, 5.74) is 0.435. The first-order valence-corrected chi connectivity index (χ1v) is 6.65. The normalized spacial score (nSPS) is 12.9. The first kappa shape index (κ1) is 17.0. The zero-order valence-electron chi connectivity index (χ0n) is 13.1. The van der Waals surface area contributed by atoms with Crippen LogP contribution in [0.1, 0.15) is 28.8 Å². The Bertz CT molecular complexity index is 496. The van der Waals surface area contributed by atoms with Crippen LogP contribution in [0.2, 0.25) is 0 Å². The quantitative estimate of drug-likeness (QED) is 0.464. The number of ether oxygens (including phenoxy) is 2. The first-order chi connectivity index (χ1) is 10.0. The molecule has 1 unspecified atom stereocenters. The number of hydrogen-bond acceptors (Lipinski definition) is 5. The number of rotatable bonds is 6. The molecule has 0 aromatic carbocycles. The molecule has 0 radical (unpaired) electrons. The number of furan rings is 1. The number of esters is 1. The Morgan fingerprint density at radius 2 is 2.19 bits per heavy atom. The highest BCUT2D eigenvalue weighted by atomic mass is 16.5. The minimum atomic E-state index is -0.404. The standard InChI is InChI=1S/C14H23N3O4/c1-9(8-19-4)17-14(15-3)16-7-11-6-12(10(2)21-11)13(18)20-5/h6,9H,7-8H2,1-5H3,(H2,15,16,17). The van der Waals surface area contributed by atoms with Crippen molar-refractivity contribution < 1.29 is 18.7 Å². The molecule has 7 nitrogen and oxygen atoms in total. The molecule has 1 rings (SSSR count). The van der Waals surface area contributed by atoms with Crippen molar-refractivity contribution in [2.24, 2.45) is 4.99 Å². The van der Waals surface area contributed by atoms with Gasteiger partial charge in [-0.25, -0.2) is 4.79 Å². The summed E-state index contributed by atoms with van der Waals surface area (Å²) in [6, 6.07) is 1.80. The molecule has 1 atom stereocenters. The molecular formula is C14H23N3O4. The van der Waals surface area contributed by atoms with E-state index < -0.39 is 5.97 Å². The van der Waals surface area contributed by atoms with Gasteiger partial charge in [-0.05, 0) is 19.9 Å². The third kappa shape index (κ3) is 5.11. The summed E-state index contributed by atoms with van der Waals surface area (Å²) in [7, 11) is 4.67. The highest BCUT2D eigenvalue weighted by Crippen LogP contribution is 2.15. The van der Waals surface area contributed by atoms with E-state index in [1.54, 1.807) is 27.1 Å². The van der Waals surface area contributed by atoms with Crippen LogP contribution in [-0.2, 0) is 16.0 Å². The predicted octanol–water partition coefficient (Wildman–Crippen LogP) is 1.07. The van der Waals surface area contributed by atoms with Gasteiger partial charge in [0.1, 0.15) is 17.1 Å². The molecule has 7 heteroatoms. The zero-order valence-corrected chi connectivity index (χ0v) is 13.1. The van der Waals surface area contributed by atoms with E-state index in [0.717, 1.165) is 0 Å². The van der Waals surface area contributed by atoms with Gasteiger partial charge in [0.2, 0.25) is 0 Å². The molecule has 0 saturated carbocycles. The van der Waals surface area contributed by atoms with Crippen molar-refractivity contribution >= 4 is 11.9 Å². The number of carbonyl (C=O) groups is 1. The molecule has 0 aliphatic heterocycles. The lowest BCUT2D eigenvalue weighted by Crippen LogP contribution is -2.43. The van der Waals surface area contributed by atoms with Crippen molar-refractivity contribution in [1.29, 1.82) is 0 Å². The van der Waals surface area contributed by atoms with Crippen LogP contribution in [0.15, 0.2) is 15.5 Å². The minimum Gasteiger partial charge on any atom is -0.465 e. The van der Waals surface area contributed by atoms with Crippen molar-refractivity contribution in [1.82, 2.24) is 10.6 Å². The van der Waals surface area contributed by atoms with E-state index in [9.17, 15) is 4.79 Å². The molecule has 1 aromatic heterocycles. The molecule has 1 heterocycles. The lowest BCUT2D eigenvalue weighted by atomic mass is 10.2. The molecule has 0 bridgehead atoms. The van der Waals surface area contributed by atoms with Crippen molar-refractivity contribution in [3.63, 3.8) is 0 Å². The molecule has 0 spiro atoms. The van der Waals surface area contributed by atoms with E-state index in [2.05, 4.69) is 20.4 Å². The second kappa shape index (κ2) is 8.31. The maximum atomic E-state index is 11.5. The Morgan fingerprint density at radius 1 is 1.48 bits per heavy atom. The number of hydrogen-bond donors (Lipinski definition) is 2. The molecule has 2 N–H and O–H groups in total. The fraction of sp³-hybridized carbons (Fsp3) is 0.571. The Kier molecular flexibility index (Phi) is 6.74. The van der Waals surface area contributed by atoms with Crippen LogP contribution in [0, 0.1) is 6.92 Å². The summed E-state index contributed by atoms with van der Waals surface area (Å²) in [6.07, 6.45) is 0. The van der Waals surface area contributed by atoms with Crippen LogP contribution in [0.4, 0.5) is 0 Å². The highest BCUT2D eigenvalue weighted by Gasteiger charge is 2.15. The van der Waals surface area contributed by atoms with Gasteiger partial charge in [-0.3, -0.25) is 4.99 Å². The second-order valence-electron chi connectivity index (χ2n) is 4.60. The Hall–Kier alpha value is -2.02. The molecule has 0 aliphatic carbocycles. The Morgan fingerprint density at radius 3 is 2.76 bits per heavy atom. The van der Waals surface area contributed by atoms with Gasteiger partial charge in [-0.2, -0.15) is 0 Å². The summed E-state index contributed by atoms with van der Waals surface area (Å²) >= 11 is 0. The number of carbonyl (C=O) groups excluding carboxylic acids is 1. The maximum absolute atomic E-state index is 11.5. The summed E-state index contributed by atoms with van der Waals surface area (Å²) in [5.74, 6) is 1.40. The third-order valence-corrected chi connectivity index (χ3v) is 2.83. The summed E-state index contributed by atoms with van der Waals surface area (Å²) in [4.78, 5) is 15.6. The topological polar surface area (TPSA) is 85.1 Å². The molecule has 21 heavy (non-hydrogen) atoms. The monoisotopic (exact) mass is 297 g/mol. The summed E-state index contributed by atoms with van der Waals surface area (Å²) in [6.45, 7) is 4.70. The van der Waals surface area contributed by atoms with Crippen molar-refractivity contribution in [2.75, 3.05) is 27.9 Å². The predicted molar refractivity (Wildman–Crippen MR) is 79.5 cm³/mol. The van der Waals surface area contributed by atoms with E-state index in [4.69, 9.17) is 9.15 Å². The number of methoxy groups -OCH3 is 2. The smallest absolute Gasteiger partial charge is 0.341 e. The Labute approximate surface area is 124 Å². The molecule has 0 saturated heterocycles. The molecular weight excluding hydrogens is 274 g/mol. The van der Waals surface area contributed by atoms with Gasteiger partial charge in [0.05, 0.1) is 20.3 Å². The maximum Gasteiger partial charge on any atom is 0.341 e. The van der Waals surface area contributed by atoms with Crippen LogP contribution in [0.25, 0.3) is 0 Å². The van der Waals surface area contributed by atoms with E-state index in [1.807, 2.05) is 6.92 Å². The van der Waals surface area contributed by atoms with E-state index in [0.29, 0.717) is 36.2 Å². The van der Waals surface area contributed by atoms with Crippen molar-refractivity contribution in [3.05, 3.63) is 23.2 Å². The van der Waals surface area contributed by atoms with Crippen LogP contribution < -0.4 is 10.6 Å². The van der Waals surface area contributed by atoms with Gasteiger partial charge in [-0.1, -0.05) is 0 Å². The zero-order chi connectivity index (χ0) is 15.8. The SMILES string of the molecule is CN=C(NCc1cc(C(=O)OC)c(C)o1)NC(C)COC. The molecule has 118 valence electrons. The lowest BCUT2D eigenvalue weighted by Gasteiger charge is -2.16. The van der Waals surface area contributed by atoms with Gasteiger partial charge < -0.3 is 24.5 Å². The molecule has 0 fully saturated rings. The number of nitrogens with one attached hydrogen (secondary N) is 2. The number of nitrogens with zero attached hydrogens (tertiary/aromatic N) is 1. The average molecular weight is 297 g/mol. The highest BCUT2D eigenvalue weighted by molar-refractivity contribution is 5.90. The number of aliphatic imine (C=N–C) groups is 1. The van der Waals surface area contributed by atoms with Gasteiger partial charge in [0.15, 0.2) is 5.96 Å². The molecule has 1 aromatic rings. The minimum absolute atomic E-state index is 0.130. The average Bonchev–Trinajstić information content (AvgIpc) is 2.84. The van der Waals surface area contributed by atoms with E-state index >= 15 is 0 Å². The summed E-state index contributed by atoms with van der Waals surface area (Å²) in [5, 5.41) is 6.28. The van der Waals surface area contributed by atoms with Crippen LogP contribution in [0.3, 0.4) is 0 Å². The second-order valence-corrected chi connectivity index (χ2v) is 4.60. The van der Waals surface area contributed by atoms with Crippen LogP contribution >= 0.6 is 0 Å². The fourth-order valence-electron chi connectivity index (χ4n) is 1.83. The van der Waals surface area contributed by atoms with E-state index in [1.165, 1.54) is 7.11 Å². The van der Waals surface area contributed by atoms with Crippen molar-refractivity contribution in [2.45, 2.75) is 26.4 Å². The number of aryl methyl sites for hydroxylation is 1. The van der Waals surface area contributed by atoms with Gasteiger partial charge >= 0.3 is 5.97 Å². The van der Waals surface area contributed by atoms with Gasteiger partial charge in [0.25, 0.3) is 0 Å². The summed E-state index contributed by atoms with van der Waals surface area (Å²) < 4.78 is 15.3. The van der Waals surface area contributed by atoms with Gasteiger partial charge in [-0.15, -0.1) is 0 Å². The van der Waals surface area contributed by atoms with Crippen LogP contribution in [-0.4, -0.2) is 45.8 Å². The van der Waals surface area contributed by atoms with Crippen molar-refractivity contribution in [3.8, 4) is 0 Å². The fourth-order valence-corrected chi connectivity index (χ4v) is 1.83. The van der Waals surface area contributed by atoms with Crippen LogP contribution in [0.5, 0.6) is 0 Å².